The summed E-state index contributed by atoms with van der Waals surface area (Å²) in [5.74, 6) is -0.193. The van der Waals surface area contributed by atoms with Crippen LogP contribution < -0.4 is 0 Å². The van der Waals surface area contributed by atoms with Gasteiger partial charge in [0.15, 0.2) is 0 Å². The highest BCUT2D eigenvalue weighted by Crippen LogP contribution is 2.37. The average Bonchev–Trinajstić information content (AvgIpc) is 2.42. The molecule has 0 aromatic rings. The van der Waals surface area contributed by atoms with Gasteiger partial charge in [-0.05, 0) is 24.7 Å². The molecule has 0 fully saturated rings. The Balaban J connectivity index is 4.84. The fraction of sp³-hybridized carbons (Fsp3) is 1.00. The first-order valence-corrected chi connectivity index (χ1v) is 9.23. The van der Waals surface area contributed by atoms with Crippen LogP contribution in [0.25, 0.3) is 0 Å². The molecule has 0 N–H and O–H groups in total. The molecule has 0 spiro atoms. The zero-order valence-electron chi connectivity index (χ0n) is 16.7. The fourth-order valence-corrected chi connectivity index (χ4v) is 1.89. The molecule has 23 heavy (non-hydrogen) atoms. The van der Waals surface area contributed by atoms with Crippen LogP contribution >= 0.6 is 0 Å². The lowest BCUT2D eigenvalue weighted by molar-refractivity contribution is -0.535. The van der Waals surface area contributed by atoms with E-state index in [0.29, 0.717) is 31.7 Å². The number of hydrogen-bond acceptors (Lipinski definition) is 4. The van der Waals surface area contributed by atoms with Crippen molar-refractivity contribution in [3.63, 3.8) is 0 Å². The van der Waals surface area contributed by atoms with Gasteiger partial charge in [-0.2, -0.15) is 4.89 Å². The SMILES string of the molecule is CCCCCOC(OCC(C)C)(OOCCC(C)C)C(C)(C)C. The molecule has 0 aliphatic carbocycles. The Kier molecular flexibility index (Phi) is 11.3. The summed E-state index contributed by atoms with van der Waals surface area (Å²) in [7, 11) is 0. The van der Waals surface area contributed by atoms with Gasteiger partial charge in [0, 0.05) is 5.41 Å². The maximum absolute atomic E-state index is 6.08. The smallest absolute Gasteiger partial charge is 0.317 e. The molecule has 0 aliphatic heterocycles. The largest absolute Gasteiger partial charge is 0.325 e. The number of hydrogen-bond donors (Lipinski definition) is 0. The molecule has 4 nitrogen and oxygen atoms in total. The summed E-state index contributed by atoms with van der Waals surface area (Å²) in [6.07, 6.45) is 4.23. The molecule has 1 atom stereocenters. The second kappa shape index (κ2) is 11.4. The van der Waals surface area contributed by atoms with Gasteiger partial charge in [0.2, 0.25) is 0 Å². The van der Waals surface area contributed by atoms with E-state index in [0.717, 1.165) is 25.7 Å². The molecule has 0 amide bonds. The van der Waals surface area contributed by atoms with E-state index < -0.39 is 5.97 Å². The molecule has 4 heteroatoms. The van der Waals surface area contributed by atoms with Crippen LogP contribution in [-0.2, 0) is 19.2 Å². The Labute approximate surface area is 144 Å². The molecular formula is C19H40O4. The Bertz CT molecular complexity index is 284. The molecule has 0 radical (unpaired) electrons. The van der Waals surface area contributed by atoms with Crippen molar-refractivity contribution in [3.8, 4) is 0 Å². The summed E-state index contributed by atoms with van der Waals surface area (Å²) in [5.41, 5.74) is -0.355. The third kappa shape index (κ3) is 9.65. The Morgan fingerprint density at radius 2 is 1.48 bits per heavy atom. The first-order chi connectivity index (χ1) is 10.6. The van der Waals surface area contributed by atoms with E-state index in [1.165, 1.54) is 0 Å². The summed E-state index contributed by atoms with van der Waals surface area (Å²) >= 11 is 0. The zero-order chi connectivity index (χ0) is 17.9. The van der Waals surface area contributed by atoms with Crippen LogP contribution in [0.2, 0.25) is 0 Å². The van der Waals surface area contributed by atoms with Crippen LogP contribution in [0.3, 0.4) is 0 Å². The first-order valence-electron chi connectivity index (χ1n) is 9.23. The topological polar surface area (TPSA) is 36.9 Å². The predicted octanol–water partition coefficient (Wildman–Crippen LogP) is 5.56. The summed E-state index contributed by atoms with van der Waals surface area (Å²) in [6, 6.07) is 0. The lowest BCUT2D eigenvalue weighted by Crippen LogP contribution is -2.51. The number of rotatable bonds is 13. The maximum atomic E-state index is 6.08. The van der Waals surface area contributed by atoms with Crippen LogP contribution in [-0.4, -0.2) is 25.8 Å². The van der Waals surface area contributed by atoms with Crippen LogP contribution in [0.4, 0.5) is 0 Å². The van der Waals surface area contributed by atoms with Crippen molar-refractivity contribution in [1.82, 2.24) is 0 Å². The van der Waals surface area contributed by atoms with Gasteiger partial charge in [-0.25, -0.2) is 4.89 Å². The second-order valence-electron chi connectivity index (χ2n) is 8.15. The zero-order valence-corrected chi connectivity index (χ0v) is 16.7. The van der Waals surface area contributed by atoms with Crippen molar-refractivity contribution < 1.29 is 19.2 Å². The summed E-state index contributed by atoms with van der Waals surface area (Å²) < 4.78 is 12.2. The van der Waals surface area contributed by atoms with Crippen molar-refractivity contribution in [2.75, 3.05) is 19.8 Å². The highest BCUT2D eigenvalue weighted by molar-refractivity contribution is 4.75. The summed E-state index contributed by atoms with van der Waals surface area (Å²) in [6.45, 7) is 18.6. The van der Waals surface area contributed by atoms with E-state index in [-0.39, 0.29) is 5.41 Å². The van der Waals surface area contributed by atoms with Gasteiger partial charge in [-0.3, -0.25) is 0 Å². The third-order valence-corrected chi connectivity index (χ3v) is 3.51. The van der Waals surface area contributed by atoms with Crippen LogP contribution in [0.1, 0.15) is 81.1 Å². The van der Waals surface area contributed by atoms with Gasteiger partial charge < -0.3 is 9.47 Å². The van der Waals surface area contributed by atoms with Crippen molar-refractivity contribution in [2.45, 2.75) is 87.0 Å². The van der Waals surface area contributed by atoms with E-state index in [2.05, 4.69) is 55.4 Å². The highest BCUT2D eigenvalue weighted by atomic mass is 17.3. The van der Waals surface area contributed by atoms with E-state index in [4.69, 9.17) is 19.2 Å². The molecule has 0 aromatic heterocycles. The van der Waals surface area contributed by atoms with Gasteiger partial charge in [0.1, 0.15) is 0 Å². The highest BCUT2D eigenvalue weighted by Gasteiger charge is 2.48. The Morgan fingerprint density at radius 3 is 1.96 bits per heavy atom. The first kappa shape index (κ1) is 22.8. The van der Waals surface area contributed by atoms with Crippen molar-refractivity contribution in [2.24, 2.45) is 17.3 Å². The molecular weight excluding hydrogens is 292 g/mol. The van der Waals surface area contributed by atoms with Crippen molar-refractivity contribution in [3.05, 3.63) is 0 Å². The Morgan fingerprint density at radius 1 is 0.826 bits per heavy atom. The molecule has 0 saturated carbocycles. The molecule has 0 heterocycles. The van der Waals surface area contributed by atoms with Gasteiger partial charge in [0.05, 0.1) is 19.8 Å². The number of unbranched alkanes of at least 4 members (excludes halogenated alkanes) is 2. The van der Waals surface area contributed by atoms with Gasteiger partial charge in [-0.1, -0.05) is 68.2 Å². The fourth-order valence-electron chi connectivity index (χ4n) is 1.89. The summed E-state index contributed by atoms with van der Waals surface area (Å²) in [4.78, 5) is 11.2. The van der Waals surface area contributed by atoms with Crippen LogP contribution in [0, 0.1) is 17.3 Å². The minimum absolute atomic E-state index is 0.355. The van der Waals surface area contributed by atoms with Gasteiger partial charge in [0.25, 0.3) is 0 Å². The van der Waals surface area contributed by atoms with Gasteiger partial charge >= 0.3 is 5.97 Å². The normalized spacial score (nSPS) is 15.4. The summed E-state index contributed by atoms with van der Waals surface area (Å²) in [5, 5.41) is 0. The molecule has 0 bridgehead atoms. The lowest BCUT2D eigenvalue weighted by atomic mass is 9.93. The van der Waals surface area contributed by atoms with E-state index in [9.17, 15) is 0 Å². The van der Waals surface area contributed by atoms with Crippen molar-refractivity contribution >= 4 is 0 Å². The quantitative estimate of drug-likeness (QED) is 0.191. The molecule has 0 aromatic carbocycles. The van der Waals surface area contributed by atoms with Gasteiger partial charge in [-0.15, -0.1) is 0 Å². The molecule has 0 saturated heterocycles. The molecule has 0 aliphatic rings. The van der Waals surface area contributed by atoms with Crippen LogP contribution in [0.5, 0.6) is 0 Å². The predicted molar refractivity (Wildman–Crippen MR) is 94.9 cm³/mol. The average molecular weight is 333 g/mol. The standard InChI is InChI=1S/C19H40O4/c1-9-10-11-13-20-19(18(6,7)8,21-15-17(4)5)23-22-14-12-16(2)3/h16-17H,9-15H2,1-8H3. The van der Waals surface area contributed by atoms with E-state index in [1.807, 2.05) is 0 Å². The minimum atomic E-state index is -1.16. The molecule has 1 unspecified atom stereocenters. The van der Waals surface area contributed by atoms with E-state index in [1.54, 1.807) is 0 Å². The monoisotopic (exact) mass is 332 g/mol. The lowest BCUT2D eigenvalue weighted by Gasteiger charge is -2.41. The maximum Gasteiger partial charge on any atom is 0.317 e. The van der Waals surface area contributed by atoms with E-state index >= 15 is 0 Å². The van der Waals surface area contributed by atoms with Crippen LogP contribution in [0.15, 0.2) is 0 Å². The second-order valence-corrected chi connectivity index (χ2v) is 8.15. The van der Waals surface area contributed by atoms with Crippen molar-refractivity contribution in [1.29, 1.82) is 0 Å². The molecule has 0 rings (SSSR count). The molecule has 140 valence electrons. The Hall–Kier alpha value is -0.160. The number of ether oxygens (including phenoxy) is 2. The minimum Gasteiger partial charge on any atom is -0.325 e. The third-order valence-electron chi connectivity index (χ3n) is 3.51.